The largest absolute Gasteiger partial charge is 0.497 e. The zero-order valence-corrected chi connectivity index (χ0v) is 25.0. The molecule has 2 aliphatic rings. The summed E-state index contributed by atoms with van der Waals surface area (Å²) in [4.78, 5) is 33.9. The van der Waals surface area contributed by atoms with E-state index in [-0.39, 0.29) is 17.7 Å². The Bertz CT molecular complexity index is 1410. The molecule has 42 heavy (non-hydrogen) atoms. The molecule has 2 unspecified atom stereocenters. The van der Waals surface area contributed by atoms with Crippen molar-refractivity contribution in [2.75, 3.05) is 72.6 Å². The minimum absolute atomic E-state index is 0.0547. The minimum atomic E-state index is -0.424. The van der Waals surface area contributed by atoms with E-state index in [9.17, 15) is 9.59 Å². The molecule has 2 heterocycles. The molecular formula is C33H39N3O6. The normalized spacial score (nSPS) is 18.5. The number of methoxy groups -OCH3 is 4. The van der Waals surface area contributed by atoms with Gasteiger partial charge >= 0.3 is 0 Å². The van der Waals surface area contributed by atoms with Crippen LogP contribution < -0.4 is 23.8 Å². The maximum atomic E-state index is 14.2. The Kier molecular flexibility index (Phi) is 8.75. The Morgan fingerprint density at radius 2 is 1.43 bits per heavy atom. The van der Waals surface area contributed by atoms with Gasteiger partial charge in [-0.3, -0.25) is 9.59 Å². The van der Waals surface area contributed by atoms with Crippen LogP contribution in [0.3, 0.4) is 0 Å². The van der Waals surface area contributed by atoms with E-state index in [0.29, 0.717) is 54.7 Å². The molecule has 2 fully saturated rings. The summed E-state index contributed by atoms with van der Waals surface area (Å²) in [5.74, 6) is 1.37. The average Bonchev–Trinajstić information content (AvgIpc) is 3.49. The van der Waals surface area contributed by atoms with Gasteiger partial charge in [0.25, 0.3) is 5.91 Å². The van der Waals surface area contributed by atoms with Gasteiger partial charge in [-0.1, -0.05) is 24.3 Å². The molecule has 0 saturated carbocycles. The van der Waals surface area contributed by atoms with Gasteiger partial charge < -0.3 is 33.6 Å². The van der Waals surface area contributed by atoms with Crippen molar-refractivity contribution in [2.45, 2.75) is 12.8 Å². The number of aryl methyl sites for hydroxylation is 1. The first-order valence-electron chi connectivity index (χ1n) is 14.2. The van der Waals surface area contributed by atoms with E-state index in [4.69, 9.17) is 18.9 Å². The van der Waals surface area contributed by atoms with Crippen LogP contribution in [0.5, 0.6) is 23.0 Å². The van der Waals surface area contributed by atoms with Gasteiger partial charge in [-0.15, -0.1) is 0 Å². The summed E-state index contributed by atoms with van der Waals surface area (Å²) < 4.78 is 22.1. The van der Waals surface area contributed by atoms with Crippen LogP contribution >= 0.6 is 0 Å². The van der Waals surface area contributed by atoms with Gasteiger partial charge in [-0.2, -0.15) is 0 Å². The summed E-state index contributed by atoms with van der Waals surface area (Å²) in [6.07, 6.45) is 0. The molecule has 5 rings (SSSR count). The monoisotopic (exact) mass is 573 g/mol. The van der Waals surface area contributed by atoms with Gasteiger partial charge in [0.1, 0.15) is 5.75 Å². The summed E-state index contributed by atoms with van der Waals surface area (Å²) in [5.41, 5.74) is 3.82. The second kappa shape index (κ2) is 12.6. The van der Waals surface area contributed by atoms with Gasteiger partial charge in [-0.25, -0.2) is 0 Å². The number of carbonyl (C=O) groups is 2. The van der Waals surface area contributed by atoms with Gasteiger partial charge in [0.05, 0.1) is 34.4 Å². The number of likely N-dealkylation sites (tertiary alicyclic amines) is 1. The zero-order chi connectivity index (χ0) is 29.8. The molecule has 0 bridgehead atoms. The average molecular weight is 574 g/mol. The number of nitrogens with zero attached hydrogens (tertiary/aromatic N) is 3. The molecule has 0 spiro atoms. The molecule has 0 radical (unpaired) electrons. The van der Waals surface area contributed by atoms with Crippen LogP contribution in [-0.4, -0.2) is 89.3 Å². The fourth-order valence-electron chi connectivity index (χ4n) is 6.13. The van der Waals surface area contributed by atoms with Crippen molar-refractivity contribution in [2.24, 2.45) is 5.92 Å². The van der Waals surface area contributed by atoms with Gasteiger partial charge in [0.15, 0.2) is 11.5 Å². The predicted molar refractivity (Wildman–Crippen MR) is 161 cm³/mol. The molecule has 0 N–H and O–H groups in total. The van der Waals surface area contributed by atoms with Crippen LogP contribution in [0, 0.1) is 12.8 Å². The highest BCUT2D eigenvalue weighted by atomic mass is 16.5. The number of para-hydroxylation sites is 1. The molecular weight excluding hydrogens is 534 g/mol. The van der Waals surface area contributed by atoms with Crippen LogP contribution in [0.25, 0.3) is 0 Å². The maximum Gasteiger partial charge on any atom is 0.254 e. The number of hydrogen-bond donors (Lipinski definition) is 0. The van der Waals surface area contributed by atoms with Gasteiger partial charge in [0.2, 0.25) is 11.7 Å². The van der Waals surface area contributed by atoms with Crippen LogP contribution in [0.2, 0.25) is 0 Å². The summed E-state index contributed by atoms with van der Waals surface area (Å²) in [7, 11) is 6.29. The first kappa shape index (κ1) is 29.1. The highest BCUT2D eigenvalue weighted by Crippen LogP contribution is 2.44. The van der Waals surface area contributed by atoms with Crippen LogP contribution in [0.4, 0.5) is 5.69 Å². The molecule has 2 atom stereocenters. The Balaban J connectivity index is 1.43. The van der Waals surface area contributed by atoms with Crippen molar-refractivity contribution < 1.29 is 28.5 Å². The Hall–Kier alpha value is -4.40. The van der Waals surface area contributed by atoms with Crippen molar-refractivity contribution in [1.82, 2.24) is 9.80 Å². The molecule has 9 nitrogen and oxygen atoms in total. The fourth-order valence-corrected chi connectivity index (χ4v) is 6.13. The van der Waals surface area contributed by atoms with Gasteiger partial charge in [0, 0.05) is 56.4 Å². The molecule has 2 amide bonds. The molecule has 3 aromatic carbocycles. The van der Waals surface area contributed by atoms with Gasteiger partial charge in [-0.05, 0) is 54.4 Å². The molecule has 9 heteroatoms. The van der Waals surface area contributed by atoms with E-state index < -0.39 is 5.92 Å². The van der Waals surface area contributed by atoms with Crippen molar-refractivity contribution in [1.29, 1.82) is 0 Å². The molecule has 3 aromatic rings. The lowest BCUT2D eigenvalue weighted by Gasteiger charge is -2.38. The van der Waals surface area contributed by atoms with E-state index in [2.05, 4.69) is 24.0 Å². The predicted octanol–water partition coefficient (Wildman–Crippen LogP) is 4.23. The number of piperazine rings is 1. The van der Waals surface area contributed by atoms with Crippen molar-refractivity contribution in [3.8, 4) is 23.0 Å². The Morgan fingerprint density at radius 1 is 0.738 bits per heavy atom. The first-order chi connectivity index (χ1) is 20.4. The first-order valence-corrected chi connectivity index (χ1v) is 14.2. The highest BCUT2D eigenvalue weighted by Gasteiger charge is 2.43. The topological polar surface area (TPSA) is 80.8 Å². The van der Waals surface area contributed by atoms with Crippen molar-refractivity contribution >= 4 is 17.5 Å². The van der Waals surface area contributed by atoms with Crippen LogP contribution in [-0.2, 0) is 4.79 Å². The number of rotatable bonds is 8. The Morgan fingerprint density at radius 3 is 2.05 bits per heavy atom. The lowest BCUT2D eigenvalue weighted by Crippen LogP contribution is -2.51. The molecule has 2 aliphatic heterocycles. The highest BCUT2D eigenvalue weighted by molar-refractivity contribution is 5.95. The molecule has 2 saturated heterocycles. The number of ether oxygens (including phenoxy) is 4. The van der Waals surface area contributed by atoms with Crippen LogP contribution in [0.15, 0.2) is 60.7 Å². The number of amides is 2. The lowest BCUT2D eigenvalue weighted by atomic mass is 9.87. The smallest absolute Gasteiger partial charge is 0.254 e. The van der Waals surface area contributed by atoms with E-state index >= 15 is 0 Å². The summed E-state index contributed by atoms with van der Waals surface area (Å²) in [6, 6.07) is 19.2. The van der Waals surface area contributed by atoms with E-state index in [1.165, 1.54) is 11.3 Å². The molecule has 0 aromatic heterocycles. The quantitative estimate of drug-likeness (QED) is 0.399. The molecule has 222 valence electrons. The number of hydrogen-bond acceptors (Lipinski definition) is 7. The third-order valence-corrected chi connectivity index (χ3v) is 8.40. The third-order valence-electron chi connectivity index (χ3n) is 8.40. The summed E-state index contributed by atoms with van der Waals surface area (Å²) in [5, 5.41) is 0. The standard InChI is InChI=1S/C33H39N3O6/c1-22-9-6-7-12-28(22)34-13-15-35(16-14-34)33(38)27-21-36(32(37)23-10-8-11-25(17-23)39-2)20-26(27)24-18-29(40-3)31(42-5)30(19-24)41-4/h6-12,17-19,26-27H,13-16,20-21H2,1-5H3. The van der Waals surface area contributed by atoms with Crippen LogP contribution in [0.1, 0.15) is 27.4 Å². The van der Waals surface area contributed by atoms with Crippen molar-refractivity contribution in [3.05, 3.63) is 77.4 Å². The molecule has 0 aliphatic carbocycles. The second-order valence-corrected chi connectivity index (χ2v) is 10.7. The third kappa shape index (κ3) is 5.68. The fraction of sp³-hybridized carbons (Fsp3) is 0.394. The zero-order valence-electron chi connectivity index (χ0n) is 25.0. The van der Waals surface area contributed by atoms with E-state index in [0.717, 1.165) is 18.7 Å². The SMILES string of the molecule is COc1cccc(C(=O)N2CC(C(=O)N3CCN(c4ccccc4C)CC3)C(c3cc(OC)c(OC)c(OC)c3)C2)c1. The lowest BCUT2D eigenvalue weighted by molar-refractivity contribution is -0.135. The number of carbonyl (C=O) groups excluding carboxylic acids is 2. The maximum absolute atomic E-state index is 14.2. The summed E-state index contributed by atoms with van der Waals surface area (Å²) in [6.45, 7) is 5.56. The van der Waals surface area contributed by atoms with Crippen molar-refractivity contribution in [3.63, 3.8) is 0 Å². The Labute approximate surface area is 247 Å². The van der Waals surface area contributed by atoms with E-state index in [1.807, 2.05) is 35.2 Å². The van der Waals surface area contributed by atoms with E-state index in [1.54, 1.807) is 51.5 Å². The second-order valence-electron chi connectivity index (χ2n) is 10.7. The minimum Gasteiger partial charge on any atom is -0.497 e. The summed E-state index contributed by atoms with van der Waals surface area (Å²) >= 11 is 0. The number of anilines is 1. The number of benzene rings is 3.